The Morgan fingerprint density at radius 3 is 2.74 bits per heavy atom. The van der Waals surface area contributed by atoms with E-state index in [0.717, 1.165) is 29.4 Å². The van der Waals surface area contributed by atoms with Gasteiger partial charge in [0.15, 0.2) is 11.6 Å². The Balaban J connectivity index is 0.00000272. The van der Waals surface area contributed by atoms with Crippen LogP contribution in [0.4, 0.5) is 14.6 Å². The highest BCUT2D eigenvalue weighted by molar-refractivity contribution is 7.99. The van der Waals surface area contributed by atoms with Crippen LogP contribution < -0.4 is 10.6 Å². The van der Waals surface area contributed by atoms with E-state index >= 15 is 0 Å². The molecule has 3 heterocycles. The SMILES string of the molecule is C.C[C@@H]1SCc2ncnc(N3CCN(C(=O)[C@H](N)Cc4ccc(F)c(F)c4)C[C@@H]3C)c21. The van der Waals surface area contributed by atoms with Gasteiger partial charge in [0.05, 0.1) is 11.7 Å². The molecule has 0 unspecified atom stereocenters. The topological polar surface area (TPSA) is 75.4 Å². The Kier molecular flexibility index (Phi) is 7.16. The van der Waals surface area contributed by atoms with Gasteiger partial charge in [0.25, 0.3) is 0 Å². The van der Waals surface area contributed by atoms with Crippen LogP contribution in [-0.2, 0) is 17.0 Å². The van der Waals surface area contributed by atoms with Gasteiger partial charge in [-0.15, -0.1) is 11.8 Å². The van der Waals surface area contributed by atoms with Crippen molar-refractivity contribution < 1.29 is 13.6 Å². The standard InChI is InChI=1S/C21H25F2N5OS.CH4/c1-12-9-27(21(29)17(24)8-14-3-4-15(22)16(23)7-14)5-6-28(12)20-19-13(2)30-10-18(19)25-11-26-20;/h3-4,7,11-13,17H,5-6,8-10,24H2,1-2H3;1H4/t12-,13-,17+;/m0./s1. The van der Waals surface area contributed by atoms with E-state index in [-0.39, 0.29) is 25.8 Å². The highest BCUT2D eigenvalue weighted by atomic mass is 32.2. The summed E-state index contributed by atoms with van der Waals surface area (Å²) >= 11 is 1.86. The number of carbonyl (C=O) groups excluding carboxylic acids is 1. The molecule has 9 heteroatoms. The fourth-order valence-electron chi connectivity index (χ4n) is 4.18. The molecule has 0 saturated carbocycles. The molecule has 4 rings (SSSR count). The smallest absolute Gasteiger partial charge is 0.239 e. The van der Waals surface area contributed by atoms with Gasteiger partial charge in [-0.25, -0.2) is 18.7 Å². The number of rotatable bonds is 4. The van der Waals surface area contributed by atoms with E-state index in [2.05, 4.69) is 28.7 Å². The number of nitrogens with two attached hydrogens (primary N) is 1. The van der Waals surface area contributed by atoms with E-state index in [1.54, 1.807) is 11.2 Å². The lowest BCUT2D eigenvalue weighted by atomic mass is 10.0. The average molecular weight is 450 g/mol. The second-order valence-corrected chi connectivity index (χ2v) is 9.23. The number of hydrogen-bond acceptors (Lipinski definition) is 6. The molecule has 2 N–H and O–H groups in total. The van der Waals surface area contributed by atoms with Crippen LogP contribution in [0.1, 0.15) is 43.3 Å². The van der Waals surface area contributed by atoms with Gasteiger partial charge in [-0.2, -0.15) is 0 Å². The molecule has 168 valence electrons. The van der Waals surface area contributed by atoms with Gasteiger partial charge in [0.2, 0.25) is 5.91 Å². The predicted molar refractivity (Wildman–Crippen MR) is 120 cm³/mol. The molecule has 1 amide bonds. The van der Waals surface area contributed by atoms with Crippen LogP contribution in [0.25, 0.3) is 0 Å². The van der Waals surface area contributed by atoms with Gasteiger partial charge in [0, 0.05) is 42.2 Å². The summed E-state index contributed by atoms with van der Waals surface area (Å²) in [7, 11) is 0. The molecule has 1 aromatic heterocycles. The third-order valence-electron chi connectivity index (χ3n) is 5.79. The minimum Gasteiger partial charge on any atom is -0.350 e. The lowest BCUT2D eigenvalue weighted by Crippen LogP contribution is -2.57. The van der Waals surface area contributed by atoms with Crippen molar-refractivity contribution in [1.82, 2.24) is 14.9 Å². The van der Waals surface area contributed by atoms with Gasteiger partial charge < -0.3 is 15.5 Å². The summed E-state index contributed by atoms with van der Waals surface area (Å²) in [6, 6.07) is 2.89. The van der Waals surface area contributed by atoms with Gasteiger partial charge in [-0.1, -0.05) is 13.5 Å². The molecular weight excluding hydrogens is 420 g/mol. The molecule has 0 radical (unpaired) electrons. The first-order valence-electron chi connectivity index (χ1n) is 10.1. The summed E-state index contributed by atoms with van der Waals surface area (Å²) in [5.74, 6) is -0.157. The van der Waals surface area contributed by atoms with E-state index in [4.69, 9.17) is 5.73 Å². The molecule has 0 bridgehead atoms. The number of halogens is 2. The number of fused-ring (bicyclic) bond motifs is 1. The first kappa shape index (κ1) is 23.4. The number of anilines is 1. The maximum absolute atomic E-state index is 13.4. The summed E-state index contributed by atoms with van der Waals surface area (Å²) in [6.07, 6.45) is 1.79. The van der Waals surface area contributed by atoms with Gasteiger partial charge >= 0.3 is 0 Å². The zero-order valence-corrected chi connectivity index (χ0v) is 17.8. The van der Waals surface area contributed by atoms with Crippen LogP contribution in [0.5, 0.6) is 0 Å². The molecule has 1 aromatic carbocycles. The Hall–Kier alpha value is -2.26. The second kappa shape index (κ2) is 9.48. The van der Waals surface area contributed by atoms with Crippen LogP contribution in [0.15, 0.2) is 24.5 Å². The number of carbonyl (C=O) groups is 1. The number of amides is 1. The van der Waals surface area contributed by atoms with E-state index in [1.807, 2.05) is 11.8 Å². The highest BCUT2D eigenvalue weighted by Gasteiger charge is 2.34. The summed E-state index contributed by atoms with van der Waals surface area (Å²) < 4.78 is 26.6. The first-order valence-corrected chi connectivity index (χ1v) is 11.1. The predicted octanol–water partition coefficient (Wildman–Crippen LogP) is 3.31. The molecule has 1 saturated heterocycles. The maximum Gasteiger partial charge on any atom is 0.239 e. The van der Waals surface area contributed by atoms with Crippen molar-refractivity contribution in [3.8, 4) is 0 Å². The molecule has 1 fully saturated rings. The number of nitrogens with zero attached hydrogens (tertiary/aromatic N) is 4. The van der Waals surface area contributed by atoms with Crippen LogP contribution >= 0.6 is 11.8 Å². The van der Waals surface area contributed by atoms with E-state index in [9.17, 15) is 13.6 Å². The zero-order valence-electron chi connectivity index (χ0n) is 17.0. The van der Waals surface area contributed by atoms with Crippen molar-refractivity contribution in [2.45, 2.75) is 50.8 Å². The quantitative estimate of drug-likeness (QED) is 0.772. The third-order valence-corrected chi connectivity index (χ3v) is 6.97. The lowest BCUT2D eigenvalue weighted by Gasteiger charge is -2.42. The van der Waals surface area contributed by atoms with E-state index in [1.165, 1.54) is 11.6 Å². The van der Waals surface area contributed by atoms with E-state index in [0.29, 0.717) is 30.4 Å². The van der Waals surface area contributed by atoms with Crippen molar-refractivity contribution in [3.63, 3.8) is 0 Å². The summed E-state index contributed by atoms with van der Waals surface area (Å²) in [4.78, 5) is 25.8. The van der Waals surface area contributed by atoms with Crippen molar-refractivity contribution in [2.75, 3.05) is 24.5 Å². The van der Waals surface area contributed by atoms with Crippen molar-refractivity contribution in [3.05, 3.63) is 53.0 Å². The van der Waals surface area contributed by atoms with Crippen molar-refractivity contribution in [2.24, 2.45) is 5.73 Å². The summed E-state index contributed by atoms with van der Waals surface area (Å²) in [5, 5.41) is 0.354. The second-order valence-electron chi connectivity index (χ2n) is 7.90. The third kappa shape index (κ3) is 4.67. The molecule has 0 spiro atoms. The number of piperazine rings is 1. The van der Waals surface area contributed by atoms with Crippen LogP contribution in [0, 0.1) is 11.6 Å². The monoisotopic (exact) mass is 449 g/mol. The molecule has 2 aromatic rings. The van der Waals surface area contributed by atoms with Crippen LogP contribution in [-0.4, -0.2) is 52.5 Å². The molecule has 2 aliphatic heterocycles. The van der Waals surface area contributed by atoms with Crippen molar-refractivity contribution >= 4 is 23.5 Å². The number of aromatic nitrogens is 2. The van der Waals surface area contributed by atoms with E-state index < -0.39 is 17.7 Å². The number of hydrogen-bond donors (Lipinski definition) is 1. The number of benzene rings is 1. The Bertz CT molecular complexity index is 959. The highest BCUT2D eigenvalue weighted by Crippen LogP contribution is 2.44. The minimum atomic E-state index is -0.931. The number of thioether (sulfide) groups is 1. The average Bonchev–Trinajstić information content (AvgIpc) is 3.11. The molecule has 31 heavy (non-hydrogen) atoms. The Morgan fingerprint density at radius 1 is 1.26 bits per heavy atom. The Morgan fingerprint density at radius 2 is 2.03 bits per heavy atom. The molecule has 6 nitrogen and oxygen atoms in total. The molecular formula is C22H29F2N5OS. The summed E-state index contributed by atoms with van der Waals surface area (Å²) in [5.41, 5.74) is 8.90. The van der Waals surface area contributed by atoms with Gasteiger partial charge in [-0.3, -0.25) is 4.79 Å². The van der Waals surface area contributed by atoms with Gasteiger partial charge in [-0.05, 0) is 38.0 Å². The van der Waals surface area contributed by atoms with Gasteiger partial charge in [0.1, 0.15) is 12.1 Å². The fraction of sp³-hybridized carbons (Fsp3) is 0.500. The molecule has 0 aliphatic carbocycles. The maximum atomic E-state index is 13.4. The lowest BCUT2D eigenvalue weighted by molar-refractivity contribution is -0.133. The molecule has 2 aliphatic rings. The van der Waals surface area contributed by atoms with Crippen LogP contribution in [0.2, 0.25) is 0 Å². The summed E-state index contributed by atoms with van der Waals surface area (Å²) in [6.45, 7) is 5.97. The Labute approximate surface area is 186 Å². The van der Waals surface area contributed by atoms with Crippen molar-refractivity contribution in [1.29, 1.82) is 0 Å². The minimum absolute atomic E-state index is 0. The molecule has 3 atom stereocenters. The zero-order chi connectivity index (χ0) is 21.4. The normalized spacial score (nSPS) is 21.5. The first-order chi connectivity index (χ1) is 14.3. The van der Waals surface area contributed by atoms with Crippen LogP contribution in [0.3, 0.4) is 0 Å². The largest absolute Gasteiger partial charge is 0.350 e. The fourth-order valence-corrected chi connectivity index (χ4v) is 5.23.